The lowest BCUT2D eigenvalue weighted by Gasteiger charge is -2.25. The fraction of sp³-hybridized carbons (Fsp3) is 0.450. The van der Waals surface area contributed by atoms with E-state index < -0.39 is 0 Å². The number of esters is 1. The molecule has 0 spiro atoms. The molecular formula is C20H24N2O3S. The summed E-state index contributed by atoms with van der Waals surface area (Å²) in [6.45, 7) is 6.54. The summed E-state index contributed by atoms with van der Waals surface area (Å²) >= 11 is 1.15. The van der Waals surface area contributed by atoms with E-state index >= 15 is 0 Å². The molecule has 0 bridgehead atoms. The van der Waals surface area contributed by atoms with E-state index in [-0.39, 0.29) is 30.0 Å². The molecule has 138 valence electrons. The monoisotopic (exact) mass is 372 g/mol. The van der Waals surface area contributed by atoms with E-state index in [2.05, 4.69) is 25.2 Å². The van der Waals surface area contributed by atoms with Gasteiger partial charge in [0.1, 0.15) is 0 Å². The summed E-state index contributed by atoms with van der Waals surface area (Å²) in [7, 11) is 0. The van der Waals surface area contributed by atoms with Crippen LogP contribution < -0.4 is 5.32 Å². The number of nitriles is 1. The first-order valence-corrected chi connectivity index (χ1v) is 9.77. The minimum absolute atomic E-state index is 0.0692. The highest BCUT2D eigenvalue weighted by Gasteiger charge is 2.30. The number of hydrogen-bond donors (Lipinski definition) is 1. The largest absolute Gasteiger partial charge is 0.465 e. The van der Waals surface area contributed by atoms with Crippen LogP contribution >= 0.6 is 11.8 Å². The van der Waals surface area contributed by atoms with E-state index in [1.807, 2.05) is 31.2 Å². The number of allylic oxidation sites excluding steroid dienone is 1. The number of amides is 1. The Morgan fingerprint density at radius 3 is 2.65 bits per heavy atom. The summed E-state index contributed by atoms with van der Waals surface area (Å²) in [6, 6.07) is 10.3. The summed E-state index contributed by atoms with van der Waals surface area (Å²) in [5.74, 6) is -0.292. The Labute approximate surface area is 158 Å². The van der Waals surface area contributed by atoms with E-state index in [1.54, 1.807) is 0 Å². The van der Waals surface area contributed by atoms with Crippen LogP contribution in [0.4, 0.5) is 0 Å². The van der Waals surface area contributed by atoms with Crippen molar-refractivity contribution in [1.82, 2.24) is 5.32 Å². The van der Waals surface area contributed by atoms with Crippen LogP contribution in [0.5, 0.6) is 0 Å². The summed E-state index contributed by atoms with van der Waals surface area (Å²) in [6.07, 6.45) is 0.988. The maximum atomic E-state index is 12.1. The zero-order chi connectivity index (χ0) is 19.1. The predicted molar refractivity (Wildman–Crippen MR) is 102 cm³/mol. The Balaban J connectivity index is 2.21. The van der Waals surface area contributed by atoms with Crippen molar-refractivity contribution >= 4 is 23.6 Å². The van der Waals surface area contributed by atoms with Gasteiger partial charge in [0.05, 0.1) is 29.0 Å². The van der Waals surface area contributed by atoms with Crippen molar-refractivity contribution in [2.45, 2.75) is 45.4 Å². The molecule has 1 aliphatic heterocycles. The molecule has 1 aliphatic rings. The van der Waals surface area contributed by atoms with Crippen LogP contribution in [0.2, 0.25) is 0 Å². The van der Waals surface area contributed by atoms with E-state index in [9.17, 15) is 14.9 Å². The molecule has 1 amide bonds. The first-order valence-electron chi connectivity index (χ1n) is 8.78. The molecule has 0 fully saturated rings. The van der Waals surface area contributed by atoms with Crippen LogP contribution in [0.1, 0.15) is 56.6 Å². The smallest absolute Gasteiger partial charge is 0.316 e. The van der Waals surface area contributed by atoms with Crippen molar-refractivity contribution in [2.75, 3.05) is 12.4 Å². The SMILES string of the molecule is CCCOC(=O)CSC1=C(C#N)[C@H](c2ccc(C(C)C)cc2)CC(=O)N1. The zero-order valence-electron chi connectivity index (χ0n) is 15.4. The van der Waals surface area contributed by atoms with Gasteiger partial charge in [-0.2, -0.15) is 5.26 Å². The van der Waals surface area contributed by atoms with Crippen molar-refractivity contribution in [3.8, 4) is 6.07 Å². The van der Waals surface area contributed by atoms with Gasteiger partial charge in [0.25, 0.3) is 0 Å². The molecule has 0 radical (unpaired) electrons. The second kappa shape index (κ2) is 9.44. The van der Waals surface area contributed by atoms with Crippen molar-refractivity contribution in [3.63, 3.8) is 0 Å². The molecule has 5 nitrogen and oxygen atoms in total. The quantitative estimate of drug-likeness (QED) is 0.736. The van der Waals surface area contributed by atoms with Crippen molar-refractivity contribution < 1.29 is 14.3 Å². The van der Waals surface area contributed by atoms with Crippen molar-refractivity contribution in [3.05, 3.63) is 46.0 Å². The molecule has 26 heavy (non-hydrogen) atoms. The van der Waals surface area contributed by atoms with Gasteiger partial charge in [0.2, 0.25) is 5.91 Å². The molecule has 0 unspecified atom stereocenters. The van der Waals surface area contributed by atoms with Gasteiger partial charge in [-0.25, -0.2) is 0 Å². The second-order valence-electron chi connectivity index (χ2n) is 6.49. The van der Waals surface area contributed by atoms with Crippen molar-refractivity contribution in [2.24, 2.45) is 0 Å². The number of nitrogens with one attached hydrogen (secondary N) is 1. The summed E-state index contributed by atoms with van der Waals surface area (Å²) in [5.41, 5.74) is 2.65. The Kier molecular flexibility index (Phi) is 7.28. The highest BCUT2D eigenvalue weighted by Crippen LogP contribution is 2.36. The minimum atomic E-state index is -0.348. The molecule has 2 rings (SSSR count). The molecule has 0 aromatic heterocycles. The van der Waals surface area contributed by atoms with Crippen LogP contribution in [0.3, 0.4) is 0 Å². The molecular weight excluding hydrogens is 348 g/mol. The van der Waals surface area contributed by atoms with E-state index in [0.717, 1.165) is 23.7 Å². The lowest BCUT2D eigenvalue weighted by molar-refractivity contribution is -0.140. The highest BCUT2D eigenvalue weighted by atomic mass is 32.2. The fourth-order valence-corrected chi connectivity index (χ4v) is 3.59. The topological polar surface area (TPSA) is 79.2 Å². The van der Waals surface area contributed by atoms with Gasteiger partial charge in [-0.1, -0.05) is 56.8 Å². The van der Waals surface area contributed by atoms with Crippen LogP contribution in [0, 0.1) is 11.3 Å². The van der Waals surface area contributed by atoms with Gasteiger partial charge in [-0.05, 0) is 23.5 Å². The highest BCUT2D eigenvalue weighted by molar-refractivity contribution is 8.03. The number of ether oxygens (including phenoxy) is 1. The number of carbonyl (C=O) groups is 2. The van der Waals surface area contributed by atoms with Crippen LogP contribution in [-0.2, 0) is 14.3 Å². The van der Waals surface area contributed by atoms with E-state index in [0.29, 0.717) is 23.1 Å². The predicted octanol–water partition coefficient (Wildman–Crippen LogP) is 3.84. The van der Waals surface area contributed by atoms with Crippen LogP contribution in [0.25, 0.3) is 0 Å². The number of rotatable bonds is 7. The molecule has 0 aliphatic carbocycles. The van der Waals surface area contributed by atoms with Gasteiger partial charge >= 0.3 is 5.97 Å². The van der Waals surface area contributed by atoms with Gasteiger partial charge in [0.15, 0.2) is 0 Å². The lowest BCUT2D eigenvalue weighted by Crippen LogP contribution is -2.31. The molecule has 1 atom stereocenters. The minimum Gasteiger partial charge on any atom is -0.465 e. The summed E-state index contributed by atoms with van der Waals surface area (Å²) in [5, 5.41) is 12.8. The maximum absolute atomic E-state index is 12.1. The standard InChI is InChI=1S/C20H24N2O3S/c1-4-9-25-19(24)12-26-20-17(11-21)16(10-18(23)22-20)15-7-5-14(6-8-15)13(2)3/h5-8,13,16H,4,9-10,12H2,1-3H3,(H,22,23)/t16-/m0/s1. The third-order valence-corrected chi connectivity index (χ3v) is 5.15. The summed E-state index contributed by atoms with van der Waals surface area (Å²) in [4.78, 5) is 23.8. The molecule has 6 heteroatoms. The Bertz CT molecular complexity index is 732. The molecule has 0 saturated heterocycles. The van der Waals surface area contributed by atoms with E-state index in [4.69, 9.17) is 4.74 Å². The Hall–Kier alpha value is -2.26. The summed E-state index contributed by atoms with van der Waals surface area (Å²) < 4.78 is 5.05. The number of hydrogen-bond acceptors (Lipinski definition) is 5. The second-order valence-corrected chi connectivity index (χ2v) is 7.48. The Morgan fingerprint density at radius 2 is 2.08 bits per heavy atom. The molecule has 1 heterocycles. The van der Waals surface area contributed by atoms with Gasteiger partial charge in [0, 0.05) is 12.3 Å². The van der Waals surface area contributed by atoms with Gasteiger partial charge < -0.3 is 10.1 Å². The molecule has 1 aromatic carbocycles. The molecule has 0 saturated carbocycles. The lowest BCUT2D eigenvalue weighted by atomic mass is 9.86. The van der Waals surface area contributed by atoms with Gasteiger partial charge in [-0.3, -0.25) is 9.59 Å². The first-order chi connectivity index (χ1) is 12.5. The Morgan fingerprint density at radius 1 is 1.38 bits per heavy atom. The number of thioether (sulfide) groups is 1. The van der Waals surface area contributed by atoms with Crippen LogP contribution in [0.15, 0.2) is 34.9 Å². The first kappa shape index (κ1) is 20.1. The number of nitrogens with zero attached hydrogens (tertiary/aromatic N) is 1. The average molecular weight is 372 g/mol. The third kappa shape index (κ3) is 5.12. The number of benzene rings is 1. The maximum Gasteiger partial charge on any atom is 0.316 e. The van der Waals surface area contributed by atoms with Gasteiger partial charge in [-0.15, -0.1) is 0 Å². The van der Waals surface area contributed by atoms with E-state index in [1.165, 1.54) is 5.56 Å². The van der Waals surface area contributed by atoms with Crippen molar-refractivity contribution in [1.29, 1.82) is 5.26 Å². The normalized spacial score (nSPS) is 17.0. The number of carbonyl (C=O) groups excluding carboxylic acids is 2. The third-order valence-electron chi connectivity index (χ3n) is 4.16. The average Bonchev–Trinajstić information content (AvgIpc) is 2.64. The van der Waals surface area contributed by atoms with Crippen LogP contribution in [-0.4, -0.2) is 24.2 Å². The zero-order valence-corrected chi connectivity index (χ0v) is 16.2. The molecule has 1 aromatic rings. The fourth-order valence-electron chi connectivity index (χ4n) is 2.72. The molecule has 1 N–H and O–H groups in total.